The third-order valence-electron chi connectivity index (χ3n) is 10.1. The van der Waals surface area contributed by atoms with Gasteiger partial charge in [0.25, 0.3) is 0 Å². The zero-order valence-corrected chi connectivity index (χ0v) is 40.5. The van der Waals surface area contributed by atoms with E-state index in [9.17, 15) is 0 Å². The van der Waals surface area contributed by atoms with Gasteiger partial charge in [-0.1, -0.05) is 163 Å². The number of halogens is 2. The van der Waals surface area contributed by atoms with Crippen LogP contribution in [0.4, 0.5) is 0 Å². The summed E-state index contributed by atoms with van der Waals surface area (Å²) in [4.78, 5) is 0. The minimum atomic E-state index is -1.66. The summed E-state index contributed by atoms with van der Waals surface area (Å²) in [6.45, 7) is 47.0. The molecule has 0 saturated carbocycles. The SMILES string of the molecule is C[Si](C)(C)[C@@H]1[C@H]([Si](C)(C)C)[C@@H](O[C@@H]2O[C@@H](CI)[C@@H]([Si](C)(C)C)[C@@H]([Si](C)(C)C)[C@@H]2[Si](C)(C)C)O[C@H](CI)[C@@H]1[Si](C)(C)C. The first-order chi connectivity index (χ1) is 18.1. The quantitative estimate of drug-likeness (QED) is 0.124. The third-order valence-corrected chi connectivity index (χ3v) is 29.4. The highest BCUT2D eigenvalue weighted by Gasteiger charge is 2.61. The molecule has 2 aliphatic heterocycles. The van der Waals surface area contributed by atoms with Gasteiger partial charge in [-0.15, -0.1) is 0 Å². The third kappa shape index (κ3) is 9.38. The van der Waals surface area contributed by atoms with Crippen LogP contribution in [0.5, 0.6) is 0 Å². The summed E-state index contributed by atoms with van der Waals surface area (Å²) in [6.07, 6.45) is 0.284. The second kappa shape index (κ2) is 13.6. The molecule has 2 heterocycles. The molecule has 0 unspecified atom stereocenters. The largest absolute Gasteiger partial charge is 0.349 e. The maximum atomic E-state index is 7.54. The summed E-state index contributed by atoms with van der Waals surface area (Å²) in [5.41, 5.74) is 3.86. The normalized spacial score (nSPS) is 36.9. The number of rotatable bonds is 10. The standard InChI is InChI=1S/C30H68I2O3Si6/c1-36(2,3)23-21(19-31)33-29(27(40(13,14)15)25(23)38(7,8)9)35-30-28(41(16,17)18)26(39(10,11)12)24(37(4,5)6)22(20-32)34-30/h21-30H,19-20H2,1-18H3/t21-,22+,23+,24-,25+,26-,27-,28-,29-,30+/m0/s1. The van der Waals surface area contributed by atoms with Gasteiger partial charge in [0.05, 0.1) is 44.5 Å². The van der Waals surface area contributed by atoms with E-state index in [-0.39, 0.29) is 24.8 Å². The molecule has 0 N–H and O–H groups in total. The van der Waals surface area contributed by atoms with Crippen molar-refractivity contribution in [1.29, 1.82) is 0 Å². The number of alkyl halides is 2. The first-order valence-corrected chi connectivity index (χ1v) is 40.7. The van der Waals surface area contributed by atoms with E-state index in [4.69, 9.17) is 14.2 Å². The summed E-state index contributed by atoms with van der Waals surface area (Å²) in [6, 6.07) is 0. The molecule has 41 heavy (non-hydrogen) atoms. The van der Waals surface area contributed by atoms with Crippen LogP contribution in [-0.2, 0) is 14.2 Å². The molecule has 2 saturated heterocycles. The van der Waals surface area contributed by atoms with E-state index >= 15 is 0 Å². The molecule has 0 bridgehead atoms. The summed E-state index contributed by atoms with van der Waals surface area (Å²) in [5.74, 6) is 0. The minimum absolute atomic E-state index is 0.143. The molecule has 244 valence electrons. The molecule has 11 heteroatoms. The second-order valence-electron chi connectivity index (χ2n) is 19.9. The molecule has 0 radical (unpaired) electrons. The zero-order chi connectivity index (χ0) is 32.3. The van der Waals surface area contributed by atoms with Crippen LogP contribution in [0.1, 0.15) is 0 Å². The molecule has 0 aromatic carbocycles. The lowest BCUT2D eigenvalue weighted by molar-refractivity contribution is -0.286. The first kappa shape index (κ1) is 39.8. The van der Waals surface area contributed by atoms with Gasteiger partial charge < -0.3 is 14.2 Å². The van der Waals surface area contributed by atoms with Gasteiger partial charge in [0.2, 0.25) is 0 Å². The fraction of sp³-hybridized carbons (Fsp3) is 1.00. The van der Waals surface area contributed by atoms with E-state index in [2.05, 4.69) is 163 Å². The monoisotopic (exact) mass is 898 g/mol. The zero-order valence-electron chi connectivity index (χ0n) is 30.2. The van der Waals surface area contributed by atoms with Gasteiger partial charge in [-0.05, 0) is 22.2 Å². The molecule has 2 rings (SSSR count). The van der Waals surface area contributed by atoms with Crippen LogP contribution in [-0.4, -0.2) is 82.1 Å². The first-order valence-electron chi connectivity index (χ1n) is 16.2. The molecular weight excluding hydrogens is 831 g/mol. The maximum Gasteiger partial charge on any atom is 0.161 e. The summed E-state index contributed by atoms with van der Waals surface area (Å²) in [5, 5.41) is 0. The lowest BCUT2D eigenvalue weighted by Crippen LogP contribution is -2.63. The van der Waals surface area contributed by atoms with Crippen molar-refractivity contribution in [2.75, 3.05) is 8.86 Å². The summed E-state index contributed by atoms with van der Waals surface area (Å²) in [7, 11) is -9.35. The van der Waals surface area contributed by atoms with Gasteiger partial charge in [-0.25, -0.2) is 0 Å². The summed E-state index contributed by atoms with van der Waals surface area (Å²) < 4.78 is 24.3. The van der Waals surface area contributed by atoms with Crippen LogP contribution >= 0.6 is 45.2 Å². The fourth-order valence-electron chi connectivity index (χ4n) is 8.80. The molecule has 10 atom stereocenters. The molecule has 3 nitrogen and oxygen atoms in total. The Morgan fingerprint density at radius 1 is 0.390 bits per heavy atom. The minimum Gasteiger partial charge on any atom is -0.349 e. The van der Waals surface area contributed by atoms with Crippen LogP contribution < -0.4 is 0 Å². The highest BCUT2D eigenvalue weighted by atomic mass is 127. The van der Waals surface area contributed by atoms with Gasteiger partial charge in [-0.3, -0.25) is 0 Å². The second-order valence-corrected chi connectivity index (χ2v) is 54.0. The van der Waals surface area contributed by atoms with Crippen LogP contribution in [0.15, 0.2) is 0 Å². The van der Waals surface area contributed by atoms with Crippen LogP contribution in [0.3, 0.4) is 0 Å². The van der Waals surface area contributed by atoms with E-state index < -0.39 is 48.4 Å². The van der Waals surface area contributed by atoms with E-state index in [0.29, 0.717) is 22.2 Å². The fourth-order valence-corrected chi connectivity index (χ4v) is 38.4. The van der Waals surface area contributed by atoms with Crippen LogP contribution in [0.25, 0.3) is 0 Å². The van der Waals surface area contributed by atoms with Crippen molar-refractivity contribution in [3.63, 3.8) is 0 Å². The average molecular weight is 899 g/mol. The van der Waals surface area contributed by atoms with Crippen molar-refractivity contribution >= 4 is 93.6 Å². The molecule has 0 aromatic rings. The van der Waals surface area contributed by atoms with Crippen molar-refractivity contribution in [2.45, 2.75) is 176 Å². The van der Waals surface area contributed by atoms with Crippen molar-refractivity contribution < 1.29 is 14.2 Å². The lowest BCUT2D eigenvalue weighted by atomic mass is 10.1. The maximum absolute atomic E-state index is 7.54. The van der Waals surface area contributed by atoms with Gasteiger partial charge >= 0.3 is 0 Å². The Labute approximate surface area is 289 Å². The topological polar surface area (TPSA) is 27.7 Å². The highest BCUT2D eigenvalue weighted by Crippen LogP contribution is 2.63. The number of hydrogen-bond donors (Lipinski definition) is 0. The van der Waals surface area contributed by atoms with Crippen molar-refractivity contribution in [1.82, 2.24) is 0 Å². The predicted octanol–water partition coefficient (Wildman–Crippen LogP) is 11.6. The molecule has 0 spiro atoms. The summed E-state index contributed by atoms with van der Waals surface area (Å²) >= 11 is 5.23. The Bertz CT molecular complexity index is 796. The molecule has 0 aliphatic carbocycles. The number of hydrogen-bond acceptors (Lipinski definition) is 3. The average Bonchev–Trinajstić information content (AvgIpc) is 2.72. The Morgan fingerprint density at radius 2 is 0.610 bits per heavy atom. The lowest BCUT2D eigenvalue weighted by Gasteiger charge is -2.60. The Balaban J connectivity index is 2.76. The Hall–Kier alpha value is 2.64. The van der Waals surface area contributed by atoms with E-state index in [1.807, 2.05) is 0 Å². The van der Waals surface area contributed by atoms with Gasteiger partial charge in [0.1, 0.15) is 0 Å². The van der Waals surface area contributed by atoms with Gasteiger partial charge in [0, 0.05) is 36.1 Å². The van der Waals surface area contributed by atoms with Crippen LogP contribution in [0, 0.1) is 0 Å². The number of ether oxygens (including phenoxy) is 3. The molecule has 2 fully saturated rings. The molecule has 2 aliphatic rings. The molecule has 0 aromatic heterocycles. The van der Waals surface area contributed by atoms with Gasteiger partial charge in [-0.2, -0.15) is 0 Å². The van der Waals surface area contributed by atoms with E-state index in [1.54, 1.807) is 0 Å². The Morgan fingerprint density at radius 3 is 0.780 bits per heavy atom. The molecular formula is C30H68I2O3Si6. The van der Waals surface area contributed by atoms with Crippen molar-refractivity contribution in [2.24, 2.45) is 0 Å². The predicted molar refractivity (Wildman–Crippen MR) is 219 cm³/mol. The smallest absolute Gasteiger partial charge is 0.161 e. The van der Waals surface area contributed by atoms with Crippen LogP contribution in [0.2, 0.25) is 151 Å². The highest BCUT2D eigenvalue weighted by molar-refractivity contribution is 14.1. The van der Waals surface area contributed by atoms with Gasteiger partial charge in [0.15, 0.2) is 12.6 Å². The van der Waals surface area contributed by atoms with E-state index in [0.717, 1.165) is 19.9 Å². The van der Waals surface area contributed by atoms with Crippen molar-refractivity contribution in [3.05, 3.63) is 0 Å². The Kier molecular flexibility index (Phi) is 13.2. The molecule has 0 amide bonds. The van der Waals surface area contributed by atoms with E-state index in [1.165, 1.54) is 0 Å². The van der Waals surface area contributed by atoms with Crippen molar-refractivity contribution in [3.8, 4) is 0 Å².